The number of anilines is 2. The van der Waals surface area contributed by atoms with Crippen molar-refractivity contribution in [3.05, 3.63) is 22.7 Å². The Morgan fingerprint density at radius 3 is 2.67 bits per heavy atom. The van der Waals surface area contributed by atoms with Crippen LogP contribution in [-0.2, 0) is 14.6 Å². The molecule has 1 amide bonds. The molecule has 0 bridgehead atoms. The van der Waals surface area contributed by atoms with E-state index in [-0.39, 0.29) is 11.7 Å². The molecule has 21 heavy (non-hydrogen) atoms. The van der Waals surface area contributed by atoms with Gasteiger partial charge in [0.1, 0.15) is 15.9 Å². The topological polar surface area (TPSA) is 78.5 Å². The van der Waals surface area contributed by atoms with E-state index in [4.69, 9.17) is 11.6 Å². The molecule has 1 aliphatic heterocycles. The van der Waals surface area contributed by atoms with Crippen molar-refractivity contribution in [2.45, 2.75) is 6.04 Å². The second-order valence-electron chi connectivity index (χ2n) is 5.15. The molecule has 1 aromatic carbocycles. The van der Waals surface area contributed by atoms with Crippen LogP contribution in [0, 0.1) is 0 Å². The number of halogens is 1. The molecule has 0 fully saturated rings. The number of fused-ring (bicyclic) bond motifs is 1. The number of amides is 1. The van der Waals surface area contributed by atoms with E-state index in [1.807, 2.05) is 0 Å². The van der Waals surface area contributed by atoms with E-state index >= 15 is 0 Å². The van der Waals surface area contributed by atoms with Crippen LogP contribution in [0.2, 0.25) is 5.02 Å². The Kier molecular flexibility index (Phi) is 4.46. The predicted octanol–water partition coefficient (Wildman–Crippen LogP) is 1.03. The molecule has 0 saturated carbocycles. The molecule has 116 valence electrons. The van der Waals surface area contributed by atoms with Crippen molar-refractivity contribution in [1.29, 1.82) is 0 Å². The van der Waals surface area contributed by atoms with E-state index in [1.165, 1.54) is 6.26 Å². The van der Waals surface area contributed by atoms with E-state index in [9.17, 15) is 13.2 Å². The zero-order chi connectivity index (χ0) is 15.8. The van der Waals surface area contributed by atoms with Crippen molar-refractivity contribution >= 4 is 38.7 Å². The van der Waals surface area contributed by atoms with Gasteiger partial charge in [0, 0.05) is 31.1 Å². The van der Waals surface area contributed by atoms with Gasteiger partial charge < -0.3 is 15.5 Å². The number of hydrogen-bond acceptors (Lipinski definition) is 5. The molecule has 2 rings (SSSR count). The van der Waals surface area contributed by atoms with Crippen LogP contribution in [0.5, 0.6) is 0 Å². The Bertz CT molecular complexity index is 675. The Morgan fingerprint density at radius 1 is 1.43 bits per heavy atom. The zero-order valence-corrected chi connectivity index (χ0v) is 13.7. The van der Waals surface area contributed by atoms with Gasteiger partial charge in [-0.15, -0.1) is 0 Å². The van der Waals surface area contributed by atoms with Crippen molar-refractivity contribution in [1.82, 2.24) is 5.32 Å². The highest BCUT2D eigenvalue weighted by atomic mass is 35.5. The smallest absolute Gasteiger partial charge is 0.246 e. The highest BCUT2D eigenvalue weighted by molar-refractivity contribution is 7.90. The standard InChI is InChI=1S/C13H18ClN3O3S/c1-15-12-8-6-9(14)11(7-10(8)16-13(12)18)17(2)4-5-21(3,19)20/h6-7,12,15H,4-5H2,1-3H3,(H,16,18). The monoisotopic (exact) mass is 331 g/mol. The molecule has 6 nitrogen and oxygen atoms in total. The van der Waals surface area contributed by atoms with E-state index in [0.29, 0.717) is 22.9 Å². The molecule has 0 radical (unpaired) electrons. The van der Waals surface area contributed by atoms with Gasteiger partial charge in [-0.25, -0.2) is 8.42 Å². The van der Waals surface area contributed by atoms with Gasteiger partial charge >= 0.3 is 0 Å². The summed E-state index contributed by atoms with van der Waals surface area (Å²) in [5, 5.41) is 6.20. The van der Waals surface area contributed by atoms with Gasteiger partial charge in [-0.3, -0.25) is 4.79 Å². The van der Waals surface area contributed by atoms with Gasteiger partial charge in [0.05, 0.1) is 16.5 Å². The summed E-state index contributed by atoms with van der Waals surface area (Å²) in [7, 11) is 0.439. The van der Waals surface area contributed by atoms with E-state index in [1.54, 1.807) is 31.1 Å². The Morgan fingerprint density at radius 2 is 2.10 bits per heavy atom. The van der Waals surface area contributed by atoms with Crippen LogP contribution in [0.25, 0.3) is 0 Å². The molecule has 0 saturated heterocycles. The summed E-state index contributed by atoms with van der Waals surface area (Å²) in [6.45, 7) is 0.334. The third kappa shape index (κ3) is 3.48. The second kappa shape index (κ2) is 5.82. The van der Waals surface area contributed by atoms with Gasteiger partial charge in [0.15, 0.2) is 0 Å². The van der Waals surface area contributed by atoms with E-state index in [0.717, 1.165) is 5.56 Å². The number of carbonyl (C=O) groups excluding carboxylic acids is 1. The Labute approximate surface area is 129 Å². The van der Waals surface area contributed by atoms with E-state index < -0.39 is 15.9 Å². The fourth-order valence-electron chi connectivity index (χ4n) is 2.27. The maximum absolute atomic E-state index is 11.8. The number of carbonyl (C=O) groups is 1. The molecular weight excluding hydrogens is 314 g/mol. The lowest BCUT2D eigenvalue weighted by Gasteiger charge is -2.21. The van der Waals surface area contributed by atoms with Crippen LogP contribution < -0.4 is 15.5 Å². The Hall–Kier alpha value is -1.31. The molecular formula is C13H18ClN3O3S. The summed E-state index contributed by atoms with van der Waals surface area (Å²) < 4.78 is 22.5. The van der Waals surface area contributed by atoms with E-state index in [2.05, 4.69) is 10.6 Å². The van der Waals surface area contributed by atoms with Gasteiger partial charge in [0.25, 0.3) is 0 Å². The zero-order valence-electron chi connectivity index (χ0n) is 12.1. The quantitative estimate of drug-likeness (QED) is 0.842. The normalized spacial score (nSPS) is 17.5. The maximum atomic E-state index is 11.8. The number of sulfone groups is 1. The largest absolute Gasteiger partial charge is 0.372 e. The first-order valence-corrected chi connectivity index (χ1v) is 8.87. The van der Waals surface area contributed by atoms with Crippen LogP contribution >= 0.6 is 11.6 Å². The summed E-state index contributed by atoms with van der Waals surface area (Å²) >= 11 is 6.26. The van der Waals surface area contributed by atoms with Crippen molar-refractivity contribution in [3.8, 4) is 0 Å². The number of hydrogen-bond donors (Lipinski definition) is 2. The highest BCUT2D eigenvalue weighted by Crippen LogP contribution is 2.38. The summed E-state index contributed by atoms with van der Waals surface area (Å²) in [6, 6.07) is 3.10. The minimum atomic E-state index is -3.04. The molecule has 1 unspecified atom stereocenters. The molecule has 1 aliphatic rings. The molecule has 0 aliphatic carbocycles. The SMILES string of the molecule is CNC1C(=O)Nc2cc(N(C)CCS(C)(=O)=O)c(Cl)cc21. The molecule has 8 heteroatoms. The first-order chi connectivity index (χ1) is 9.73. The third-order valence-corrected chi connectivity index (χ3v) is 4.67. The first kappa shape index (κ1) is 16.1. The van der Waals surface area contributed by atoms with Gasteiger partial charge in [-0.1, -0.05) is 11.6 Å². The molecule has 0 aromatic heterocycles. The maximum Gasteiger partial charge on any atom is 0.246 e. The first-order valence-electron chi connectivity index (χ1n) is 6.43. The van der Waals surface area contributed by atoms with Crippen LogP contribution in [0.1, 0.15) is 11.6 Å². The lowest BCUT2D eigenvalue weighted by molar-refractivity contribution is -0.117. The number of nitrogens with one attached hydrogen (secondary N) is 2. The second-order valence-corrected chi connectivity index (χ2v) is 7.82. The summed E-state index contributed by atoms with van der Waals surface area (Å²) in [5.74, 6) is -0.0814. The number of rotatable bonds is 5. The van der Waals surface area contributed by atoms with Crippen LogP contribution in [0.4, 0.5) is 11.4 Å². The van der Waals surface area contributed by atoms with Crippen molar-refractivity contribution in [2.24, 2.45) is 0 Å². The lowest BCUT2D eigenvalue weighted by atomic mass is 10.1. The molecule has 2 N–H and O–H groups in total. The molecule has 0 spiro atoms. The van der Waals surface area contributed by atoms with Crippen LogP contribution in [0.15, 0.2) is 12.1 Å². The van der Waals surface area contributed by atoms with Gasteiger partial charge in [-0.2, -0.15) is 0 Å². The Balaban J connectivity index is 2.27. The van der Waals surface area contributed by atoms with Crippen molar-refractivity contribution in [3.63, 3.8) is 0 Å². The lowest BCUT2D eigenvalue weighted by Crippen LogP contribution is -2.25. The minimum absolute atomic E-state index is 0.0441. The highest BCUT2D eigenvalue weighted by Gasteiger charge is 2.30. The number of nitrogens with zero attached hydrogens (tertiary/aromatic N) is 1. The molecule has 1 atom stereocenters. The molecule has 1 heterocycles. The third-order valence-electron chi connectivity index (χ3n) is 3.45. The summed E-state index contributed by atoms with van der Waals surface area (Å²) in [5.41, 5.74) is 2.19. The summed E-state index contributed by atoms with van der Waals surface area (Å²) in [4.78, 5) is 13.6. The average molecular weight is 332 g/mol. The number of likely N-dealkylation sites (N-methyl/N-ethyl adjacent to an activating group) is 1. The average Bonchev–Trinajstić information content (AvgIpc) is 2.68. The van der Waals surface area contributed by atoms with Gasteiger partial charge in [0.2, 0.25) is 5.91 Å². The van der Waals surface area contributed by atoms with Crippen molar-refractivity contribution < 1.29 is 13.2 Å². The number of benzene rings is 1. The predicted molar refractivity (Wildman–Crippen MR) is 84.9 cm³/mol. The fraction of sp³-hybridized carbons (Fsp3) is 0.462. The molecule has 1 aromatic rings. The van der Waals surface area contributed by atoms with Crippen molar-refractivity contribution in [2.75, 3.05) is 42.9 Å². The van der Waals surface area contributed by atoms with Crippen LogP contribution in [-0.4, -0.2) is 47.0 Å². The van der Waals surface area contributed by atoms with Gasteiger partial charge in [-0.05, 0) is 19.2 Å². The fourth-order valence-corrected chi connectivity index (χ4v) is 3.19. The van der Waals surface area contributed by atoms with Crippen LogP contribution in [0.3, 0.4) is 0 Å². The summed E-state index contributed by atoms with van der Waals surface area (Å²) in [6.07, 6.45) is 1.20. The minimum Gasteiger partial charge on any atom is -0.372 e.